The highest BCUT2D eigenvalue weighted by Gasteiger charge is 2.07. The molecule has 20 heavy (non-hydrogen) atoms. The maximum Gasteiger partial charge on any atom is 0.306 e. The lowest BCUT2D eigenvalue weighted by molar-refractivity contribution is -0.140. The predicted octanol–water partition coefficient (Wildman–Crippen LogP) is 3.74. The van der Waals surface area contributed by atoms with E-state index in [2.05, 4.69) is 23.9 Å². The summed E-state index contributed by atoms with van der Waals surface area (Å²) < 4.78 is 4.64. The Bertz CT molecular complexity index is 438. The number of halogens is 1. The van der Waals surface area contributed by atoms with Crippen LogP contribution in [0.3, 0.4) is 0 Å². The van der Waals surface area contributed by atoms with E-state index in [4.69, 9.17) is 11.6 Å². The summed E-state index contributed by atoms with van der Waals surface area (Å²) in [7, 11) is 1.41. The molecule has 112 valence electrons. The van der Waals surface area contributed by atoms with Crippen LogP contribution in [0.25, 0.3) is 0 Å². The van der Waals surface area contributed by atoms with Gasteiger partial charge in [-0.3, -0.25) is 4.79 Å². The molecule has 0 aromatic heterocycles. The van der Waals surface area contributed by atoms with Gasteiger partial charge in [0.25, 0.3) is 0 Å². The number of esters is 1. The van der Waals surface area contributed by atoms with Gasteiger partial charge in [-0.05, 0) is 30.2 Å². The van der Waals surface area contributed by atoms with Gasteiger partial charge in [0.1, 0.15) is 0 Å². The standard InChI is InChI=1S/C15H22ClNO2S/c1-11(2)9-17-10-12-4-5-13(16)8-14(12)20-7-6-15(18)19-3/h4-5,8,11,17H,6-7,9-10H2,1-3H3. The molecule has 5 heteroatoms. The summed E-state index contributed by atoms with van der Waals surface area (Å²) in [5, 5.41) is 4.14. The quantitative estimate of drug-likeness (QED) is 0.586. The van der Waals surface area contributed by atoms with Crippen molar-refractivity contribution in [3.05, 3.63) is 28.8 Å². The Morgan fingerprint density at radius 3 is 2.85 bits per heavy atom. The number of carbonyl (C=O) groups is 1. The number of benzene rings is 1. The normalized spacial score (nSPS) is 10.8. The Labute approximate surface area is 130 Å². The molecule has 0 atom stereocenters. The molecule has 1 rings (SSSR count). The molecule has 0 saturated heterocycles. The zero-order valence-corrected chi connectivity index (χ0v) is 13.8. The summed E-state index contributed by atoms with van der Waals surface area (Å²) in [6.07, 6.45) is 0.409. The van der Waals surface area contributed by atoms with E-state index in [9.17, 15) is 4.79 Å². The van der Waals surface area contributed by atoms with Crippen molar-refractivity contribution in [1.29, 1.82) is 0 Å². The van der Waals surface area contributed by atoms with Gasteiger partial charge in [0.2, 0.25) is 0 Å². The van der Waals surface area contributed by atoms with Crippen molar-refractivity contribution in [1.82, 2.24) is 5.32 Å². The van der Waals surface area contributed by atoms with Crippen molar-refractivity contribution in [2.75, 3.05) is 19.4 Å². The largest absolute Gasteiger partial charge is 0.469 e. The molecule has 1 aromatic carbocycles. The van der Waals surface area contributed by atoms with Gasteiger partial charge in [0.15, 0.2) is 0 Å². The van der Waals surface area contributed by atoms with E-state index in [-0.39, 0.29) is 5.97 Å². The van der Waals surface area contributed by atoms with Gasteiger partial charge in [0, 0.05) is 22.2 Å². The Balaban J connectivity index is 2.57. The molecule has 0 saturated carbocycles. The molecule has 0 aliphatic heterocycles. The van der Waals surface area contributed by atoms with Gasteiger partial charge >= 0.3 is 5.97 Å². The minimum absolute atomic E-state index is 0.181. The van der Waals surface area contributed by atoms with E-state index in [1.165, 1.54) is 12.7 Å². The molecule has 0 spiro atoms. The van der Waals surface area contributed by atoms with Gasteiger partial charge in [0.05, 0.1) is 13.5 Å². The minimum Gasteiger partial charge on any atom is -0.469 e. The molecule has 0 amide bonds. The summed E-state index contributed by atoms with van der Waals surface area (Å²) in [4.78, 5) is 12.2. The molecule has 0 heterocycles. The summed E-state index contributed by atoms with van der Waals surface area (Å²) in [6, 6.07) is 5.89. The Kier molecular flexibility index (Phi) is 8.04. The first-order valence-corrected chi connectivity index (χ1v) is 8.08. The molecular weight excluding hydrogens is 294 g/mol. The lowest BCUT2D eigenvalue weighted by atomic mass is 10.2. The smallest absolute Gasteiger partial charge is 0.306 e. The lowest BCUT2D eigenvalue weighted by Crippen LogP contribution is -2.19. The number of carbonyl (C=O) groups excluding carboxylic acids is 1. The number of thioether (sulfide) groups is 1. The van der Waals surface area contributed by atoms with E-state index >= 15 is 0 Å². The first kappa shape index (κ1) is 17.3. The molecule has 0 aliphatic rings. The van der Waals surface area contributed by atoms with Gasteiger partial charge in [-0.2, -0.15) is 0 Å². The number of hydrogen-bond donors (Lipinski definition) is 1. The van der Waals surface area contributed by atoms with Gasteiger partial charge in [-0.15, -0.1) is 11.8 Å². The van der Waals surface area contributed by atoms with Crippen molar-refractivity contribution < 1.29 is 9.53 Å². The van der Waals surface area contributed by atoms with Crippen LogP contribution in [0.4, 0.5) is 0 Å². The van der Waals surface area contributed by atoms with Gasteiger partial charge < -0.3 is 10.1 Å². The third kappa shape index (κ3) is 6.64. The number of ether oxygens (including phenoxy) is 1. The molecule has 1 aromatic rings. The van der Waals surface area contributed by atoms with Crippen LogP contribution < -0.4 is 5.32 Å². The molecule has 0 radical (unpaired) electrons. The maximum atomic E-state index is 11.1. The van der Waals surface area contributed by atoms with E-state index in [1.807, 2.05) is 18.2 Å². The highest BCUT2D eigenvalue weighted by atomic mass is 35.5. The number of hydrogen-bond acceptors (Lipinski definition) is 4. The number of rotatable bonds is 8. The highest BCUT2D eigenvalue weighted by Crippen LogP contribution is 2.27. The summed E-state index contributed by atoms with van der Waals surface area (Å²) in [6.45, 7) is 6.16. The van der Waals surface area contributed by atoms with Crippen LogP contribution >= 0.6 is 23.4 Å². The van der Waals surface area contributed by atoms with E-state index in [0.717, 1.165) is 23.0 Å². The van der Waals surface area contributed by atoms with Gasteiger partial charge in [-0.25, -0.2) is 0 Å². The average Bonchev–Trinajstić information content (AvgIpc) is 2.40. The Hall–Kier alpha value is -0.710. The number of methoxy groups -OCH3 is 1. The van der Waals surface area contributed by atoms with Crippen LogP contribution in [0.2, 0.25) is 5.02 Å². The highest BCUT2D eigenvalue weighted by molar-refractivity contribution is 7.99. The predicted molar refractivity (Wildman–Crippen MR) is 85.4 cm³/mol. The third-order valence-corrected chi connectivity index (χ3v) is 4.02. The Morgan fingerprint density at radius 2 is 2.20 bits per heavy atom. The average molecular weight is 316 g/mol. The molecule has 0 aliphatic carbocycles. The van der Waals surface area contributed by atoms with Crippen molar-refractivity contribution in [3.8, 4) is 0 Å². The van der Waals surface area contributed by atoms with Crippen molar-refractivity contribution in [2.24, 2.45) is 5.92 Å². The SMILES string of the molecule is COC(=O)CCSc1cc(Cl)ccc1CNCC(C)C. The fraction of sp³-hybridized carbons (Fsp3) is 0.533. The summed E-state index contributed by atoms with van der Waals surface area (Å²) in [5.74, 6) is 1.14. The van der Waals surface area contributed by atoms with Crippen LogP contribution in [0.5, 0.6) is 0 Å². The fourth-order valence-electron chi connectivity index (χ4n) is 1.65. The lowest BCUT2D eigenvalue weighted by Gasteiger charge is -2.12. The van der Waals surface area contributed by atoms with Crippen molar-refractivity contribution >= 4 is 29.3 Å². The molecular formula is C15H22ClNO2S. The minimum atomic E-state index is -0.181. The first-order chi connectivity index (χ1) is 9.52. The maximum absolute atomic E-state index is 11.1. The second-order valence-corrected chi connectivity index (χ2v) is 6.52. The topological polar surface area (TPSA) is 38.3 Å². The van der Waals surface area contributed by atoms with Crippen LogP contribution in [0.15, 0.2) is 23.1 Å². The monoisotopic (exact) mass is 315 g/mol. The third-order valence-electron chi connectivity index (χ3n) is 2.69. The summed E-state index contributed by atoms with van der Waals surface area (Å²) >= 11 is 7.68. The van der Waals surface area contributed by atoms with Crippen LogP contribution in [-0.4, -0.2) is 25.4 Å². The second-order valence-electron chi connectivity index (χ2n) is 4.95. The zero-order chi connectivity index (χ0) is 15.0. The second kappa shape index (κ2) is 9.27. The van der Waals surface area contributed by atoms with Crippen LogP contribution in [0, 0.1) is 5.92 Å². The molecule has 1 N–H and O–H groups in total. The van der Waals surface area contributed by atoms with Crippen LogP contribution in [-0.2, 0) is 16.1 Å². The van der Waals surface area contributed by atoms with E-state index < -0.39 is 0 Å². The van der Waals surface area contributed by atoms with E-state index in [1.54, 1.807) is 11.8 Å². The molecule has 0 bridgehead atoms. The zero-order valence-electron chi connectivity index (χ0n) is 12.2. The van der Waals surface area contributed by atoms with Crippen LogP contribution in [0.1, 0.15) is 25.8 Å². The van der Waals surface area contributed by atoms with E-state index in [0.29, 0.717) is 18.1 Å². The molecule has 3 nitrogen and oxygen atoms in total. The summed E-state index contributed by atoms with van der Waals surface area (Å²) in [5.41, 5.74) is 1.21. The Morgan fingerprint density at radius 1 is 1.45 bits per heavy atom. The molecule has 0 fully saturated rings. The molecule has 0 unspecified atom stereocenters. The fourth-order valence-corrected chi connectivity index (χ4v) is 2.91. The van der Waals surface area contributed by atoms with Crippen molar-refractivity contribution in [2.45, 2.75) is 31.7 Å². The van der Waals surface area contributed by atoms with Crippen molar-refractivity contribution in [3.63, 3.8) is 0 Å². The van der Waals surface area contributed by atoms with Gasteiger partial charge in [-0.1, -0.05) is 31.5 Å². The number of nitrogens with one attached hydrogen (secondary N) is 1. The first-order valence-electron chi connectivity index (χ1n) is 6.71.